The molecule has 1 aromatic carbocycles. The molecular weight excluding hydrogens is 807 g/mol. The number of piperidine rings is 1. The van der Waals surface area contributed by atoms with Crippen LogP contribution in [0.3, 0.4) is 0 Å². The molecule has 3 rings (SSSR count). The lowest BCUT2D eigenvalue weighted by Crippen LogP contribution is -2.54. The number of benzene rings is 1. The molecule has 1 fully saturated rings. The molecule has 20 heteroatoms. The van der Waals surface area contributed by atoms with Gasteiger partial charge in [-0.15, -0.1) is 0 Å². The van der Waals surface area contributed by atoms with Crippen LogP contribution in [0.4, 0.5) is 5.69 Å². The number of fused-ring (bicyclic) bond motifs is 1. The van der Waals surface area contributed by atoms with Gasteiger partial charge in [-0.05, 0) is 38.2 Å². The molecule has 2 aliphatic rings. The molecule has 2 heterocycles. The van der Waals surface area contributed by atoms with Gasteiger partial charge in [-0.25, -0.2) is 0 Å². The van der Waals surface area contributed by atoms with Gasteiger partial charge < -0.3 is 61.8 Å². The Hall–Kier alpha value is -2.96. The largest absolute Gasteiger partial charge is 0.415 e. The van der Waals surface area contributed by atoms with E-state index in [-0.39, 0.29) is 24.0 Å². The van der Waals surface area contributed by atoms with Crippen LogP contribution in [-0.2, 0) is 66.1 Å². The number of imide groups is 2. The highest BCUT2D eigenvalue weighted by atomic mass is 28.4. The zero-order valence-corrected chi connectivity index (χ0v) is 36.7. The minimum absolute atomic E-state index is 0.0647. The summed E-state index contributed by atoms with van der Waals surface area (Å²) in [6.07, 6.45) is 0.167. The van der Waals surface area contributed by atoms with Crippen molar-refractivity contribution in [2.24, 2.45) is 0 Å². The highest BCUT2D eigenvalue weighted by Gasteiger charge is 2.45. The van der Waals surface area contributed by atoms with Crippen molar-refractivity contribution in [3.8, 4) is 0 Å². The van der Waals surface area contributed by atoms with E-state index in [0.29, 0.717) is 164 Å². The van der Waals surface area contributed by atoms with Crippen LogP contribution in [0.25, 0.3) is 0 Å². The van der Waals surface area contributed by atoms with Crippen molar-refractivity contribution >= 4 is 37.6 Å². The van der Waals surface area contributed by atoms with E-state index in [1.165, 1.54) is 0 Å². The Balaban J connectivity index is 0.979. The maximum absolute atomic E-state index is 13.2. The van der Waals surface area contributed by atoms with Gasteiger partial charge >= 0.3 is 0 Å². The van der Waals surface area contributed by atoms with Gasteiger partial charge in [-0.3, -0.25) is 29.4 Å². The van der Waals surface area contributed by atoms with Gasteiger partial charge in [-0.2, -0.15) is 0 Å². The molecule has 2 N–H and O–H groups in total. The molecule has 60 heavy (non-hydrogen) atoms. The third-order valence-electron chi connectivity index (χ3n) is 8.51. The standard InChI is InChI=1S/C40H67N3O16Si/c1-60(2,3)59-32-31-58-30-29-57-28-27-56-26-25-55-24-23-54-22-21-53-20-19-52-18-17-51-16-15-50-14-13-49-12-11-48-10-9-41-34-6-4-5-33-37(34)40(47)43(39(33)46)35-7-8-36(44)42-38(35)45/h4-6,35,41H,7-32H2,1-3H3,(H,42,44,45). The summed E-state index contributed by atoms with van der Waals surface area (Å²) in [5, 5.41) is 5.33. The molecule has 342 valence electrons. The molecule has 4 amide bonds. The first-order valence-electron chi connectivity index (χ1n) is 20.8. The molecule has 0 radical (unpaired) electrons. The van der Waals surface area contributed by atoms with Gasteiger partial charge in [0.25, 0.3) is 11.8 Å². The number of ether oxygens (including phenoxy) is 11. The van der Waals surface area contributed by atoms with E-state index < -0.39 is 38.0 Å². The first-order chi connectivity index (χ1) is 29.2. The summed E-state index contributed by atoms with van der Waals surface area (Å²) in [5.41, 5.74) is 0.905. The van der Waals surface area contributed by atoms with Crippen molar-refractivity contribution in [3.63, 3.8) is 0 Å². The van der Waals surface area contributed by atoms with E-state index in [1.807, 2.05) is 0 Å². The van der Waals surface area contributed by atoms with Crippen molar-refractivity contribution in [2.45, 2.75) is 38.5 Å². The van der Waals surface area contributed by atoms with E-state index in [0.717, 1.165) is 4.90 Å². The average Bonchev–Trinajstić information content (AvgIpc) is 3.47. The number of nitrogens with zero attached hydrogens (tertiary/aromatic N) is 1. The number of anilines is 1. The van der Waals surface area contributed by atoms with E-state index in [9.17, 15) is 19.2 Å². The van der Waals surface area contributed by atoms with Crippen LogP contribution in [0.5, 0.6) is 0 Å². The highest BCUT2D eigenvalue weighted by molar-refractivity contribution is 6.69. The van der Waals surface area contributed by atoms with E-state index in [2.05, 4.69) is 30.3 Å². The van der Waals surface area contributed by atoms with Crippen molar-refractivity contribution in [1.82, 2.24) is 10.2 Å². The van der Waals surface area contributed by atoms with Gasteiger partial charge in [0.15, 0.2) is 8.32 Å². The smallest absolute Gasteiger partial charge is 0.264 e. The molecule has 2 aliphatic heterocycles. The Morgan fingerprint density at radius 3 is 1.32 bits per heavy atom. The molecule has 0 bridgehead atoms. The second kappa shape index (κ2) is 31.8. The molecule has 1 unspecified atom stereocenters. The maximum atomic E-state index is 13.2. The van der Waals surface area contributed by atoms with Crippen LogP contribution < -0.4 is 10.6 Å². The minimum Gasteiger partial charge on any atom is -0.415 e. The molecule has 1 atom stereocenters. The van der Waals surface area contributed by atoms with Crippen molar-refractivity contribution in [3.05, 3.63) is 29.3 Å². The Morgan fingerprint density at radius 2 is 0.933 bits per heavy atom. The Bertz CT molecular complexity index is 1370. The van der Waals surface area contributed by atoms with Crippen LogP contribution in [-0.4, -0.2) is 201 Å². The number of nitrogens with one attached hydrogen (secondary N) is 2. The fourth-order valence-electron chi connectivity index (χ4n) is 5.63. The Kier molecular flexibility index (Phi) is 27.3. The second-order valence-corrected chi connectivity index (χ2v) is 18.8. The molecule has 0 aliphatic carbocycles. The fourth-order valence-corrected chi connectivity index (χ4v) is 6.32. The Morgan fingerprint density at radius 1 is 0.550 bits per heavy atom. The van der Waals surface area contributed by atoms with Gasteiger partial charge in [0.05, 0.1) is 163 Å². The monoisotopic (exact) mass is 873 g/mol. The predicted octanol–water partition coefficient (Wildman–Crippen LogP) is 1.53. The number of hydrogen-bond donors (Lipinski definition) is 2. The number of hydrogen-bond acceptors (Lipinski definition) is 17. The van der Waals surface area contributed by atoms with Crippen LogP contribution in [0.1, 0.15) is 33.6 Å². The molecule has 0 spiro atoms. The SMILES string of the molecule is C[Si](C)(C)OCCOCCOCCOCCOCCOCCOCCOCCOCCOCCOCCOCCNc1cccc2c1C(=O)N(C1CCC(=O)NC1=O)C2=O. The average molecular weight is 874 g/mol. The summed E-state index contributed by atoms with van der Waals surface area (Å²) in [6, 6.07) is 3.90. The number of rotatable bonds is 39. The number of amides is 4. The zero-order chi connectivity index (χ0) is 43.1. The van der Waals surface area contributed by atoms with Crippen molar-refractivity contribution in [1.29, 1.82) is 0 Å². The predicted molar refractivity (Wildman–Crippen MR) is 220 cm³/mol. The molecule has 1 aromatic rings. The van der Waals surface area contributed by atoms with Gasteiger partial charge in [0, 0.05) is 18.7 Å². The van der Waals surface area contributed by atoms with Crippen molar-refractivity contribution in [2.75, 3.05) is 164 Å². The summed E-state index contributed by atoms with van der Waals surface area (Å²) >= 11 is 0. The summed E-state index contributed by atoms with van der Waals surface area (Å²) in [7, 11) is -1.47. The highest BCUT2D eigenvalue weighted by Crippen LogP contribution is 2.32. The third-order valence-corrected chi connectivity index (χ3v) is 9.58. The van der Waals surface area contributed by atoms with Gasteiger partial charge in [-0.1, -0.05) is 6.07 Å². The first-order valence-corrected chi connectivity index (χ1v) is 24.2. The first kappa shape index (κ1) is 51.4. The van der Waals surface area contributed by atoms with Gasteiger partial charge in [0.1, 0.15) is 6.04 Å². The number of carbonyl (C=O) groups excluding carboxylic acids is 4. The fraction of sp³-hybridized carbons (Fsp3) is 0.750. The molecule has 19 nitrogen and oxygen atoms in total. The Labute approximate surface area is 354 Å². The molecular formula is C40H67N3O16Si. The quantitative estimate of drug-likeness (QED) is 0.0547. The summed E-state index contributed by atoms with van der Waals surface area (Å²) in [4.78, 5) is 50.9. The third kappa shape index (κ3) is 22.2. The van der Waals surface area contributed by atoms with Crippen LogP contribution in [0.15, 0.2) is 18.2 Å². The zero-order valence-electron chi connectivity index (χ0n) is 35.7. The molecule has 0 aromatic heterocycles. The van der Waals surface area contributed by atoms with Crippen LogP contribution in [0.2, 0.25) is 19.6 Å². The van der Waals surface area contributed by atoms with Crippen molar-refractivity contribution < 1.29 is 75.7 Å². The van der Waals surface area contributed by atoms with Crippen LogP contribution >= 0.6 is 0 Å². The van der Waals surface area contributed by atoms with E-state index in [4.69, 9.17) is 56.5 Å². The lowest BCUT2D eigenvalue weighted by molar-refractivity contribution is -0.136. The maximum Gasteiger partial charge on any atom is 0.264 e. The molecule has 1 saturated heterocycles. The topological polar surface area (TPSA) is 206 Å². The lowest BCUT2D eigenvalue weighted by atomic mass is 10.0. The van der Waals surface area contributed by atoms with E-state index >= 15 is 0 Å². The van der Waals surface area contributed by atoms with Gasteiger partial charge in [0.2, 0.25) is 11.8 Å². The summed E-state index contributed by atoms with van der Waals surface area (Å²) < 4.78 is 66.3. The second-order valence-electron chi connectivity index (χ2n) is 14.3. The lowest BCUT2D eigenvalue weighted by Gasteiger charge is -2.27. The summed E-state index contributed by atoms with van der Waals surface area (Å²) in [6.45, 7) is 17.8. The molecule has 0 saturated carbocycles. The normalized spacial score (nSPS) is 15.6. The summed E-state index contributed by atoms with van der Waals surface area (Å²) in [5.74, 6) is -2.17. The van der Waals surface area contributed by atoms with Crippen LogP contribution in [0, 0.1) is 0 Å². The van der Waals surface area contributed by atoms with E-state index in [1.54, 1.807) is 18.2 Å². The minimum atomic E-state index is -1.47. The number of carbonyl (C=O) groups is 4.